The molecule has 0 aliphatic heterocycles. The molecule has 2 aromatic carbocycles. The highest BCUT2D eigenvalue weighted by atomic mass is 32.2. The standard InChI is InChI=1S/C22H21N5O2S/c1-14-8-10-16(11-9-14)12-23-20(28)15(2)30-22-25-19-18(21(29)26-22)13-24-27(19)17-6-4-3-5-7-17/h3-11,13,15H,12H2,1-2H3,(H,23,28)(H,25,26,29)/t15-/m1/s1. The van der Waals surface area contributed by atoms with Gasteiger partial charge in [-0.1, -0.05) is 59.8 Å². The maximum atomic E-state index is 12.5. The first-order chi connectivity index (χ1) is 14.5. The van der Waals surface area contributed by atoms with E-state index in [9.17, 15) is 9.59 Å². The first kappa shape index (κ1) is 19.9. The van der Waals surface area contributed by atoms with Crippen LogP contribution in [0.4, 0.5) is 0 Å². The average molecular weight is 420 g/mol. The predicted octanol–water partition coefficient (Wildman–Crippen LogP) is 3.21. The maximum Gasteiger partial charge on any atom is 0.262 e. The van der Waals surface area contributed by atoms with E-state index in [2.05, 4.69) is 20.4 Å². The highest BCUT2D eigenvalue weighted by Gasteiger charge is 2.18. The predicted molar refractivity (Wildman–Crippen MR) is 118 cm³/mol. The number of carbonyl (C=O) groups excluding carboxylic acids is 1. The molecule has 2 N–H and O–H groups in total. The number of aryl methyl sites for hydroxylation is 1. The van der Waals surface area contributed by atoms with Gasteiger partial charge in [-0.2, -0.15) is 5.10 Å². The third kappa shape index (κ3) is 4.28. The minimum Gasteiger partial charge on any atom is -0.351 e. The van der Waals surface area contributed by atoms with E-state index in [1.807, 2.05) is 61.5 Å². The fraction of sp³-hybridized carbons (Fsp3) is 0.182. The number of fused-ring (bicyclic) bond motifs is 1. The van der Waals surface area contributed by atoms with Crippen LogP contribution in [-0.2, 0) is 11.3 Å². The highest BCUT2D eigenvalue weighted by Crippen LogP contribution is 2.21. The van der Waals surface area contributed by atoms with Crippen LogP contribution in [0.5, 0.6) is 0 Å². The van der Waals surface area contributed by atoms with Gasteiger partial charge in [0.05, 0.1) is 17.1 Å². The average Bonchev–Trinajstić information content (AvgIpc) is 3.18. The fourth-order valence-corrected chi connectivity index (χ4v) is 3.79. The lowest BCUT2D eigenvalue weighted by molar-refractivity contribution is -0.120. The van der Waals surface area contributed by atoms with E-state index in [0.717, 1.165) is 11.3 Å². The second kappa shape index (κ2) is 8.54. The topological polar surface area (TPSA) is 92.7 Å². The number of aromatic nitrogens is 4. The molecule has 4 rings (SSSR count). The number of aromatic amines is 1. The Labute approximate surface area is 177 Å². The van der Waals surface area contributed by atoms with Crippen molar-refractivity contribution in [3.8, 4) is 5.69 Å². The number of H-pyrrole nitrogens is 1. The van der Waals surface area contributed by atoms with Crippen molar-refractivity contribution in [1.82, 2.24) is 25.1 Å². The number of rotatable bonds is 6. The summed E-state index contributed by atoms with van der Waals surface area (Å²) >= 11 is 1.21. The van der Waals surface area contributed by atoms with E-state index in [0.29, 0.717) is 22.7 Å². The first-order valence-electron chi connectivity index (χ1n) is 9.54. The van der Waals surface area contributed by atoms with Gasteiger partial charge < -0.3 is 10.3 Å². The van der Waals surface area contributed by atoms with Crippen LogP contribution in [0.15, 0.2) is 70.7 Å². The molecule has 8 heteroatoms. The van der Waals surface area contributed by atoms with Crippen LogP contribution in [-0.4, -0.2) is 30.9 Å². The zero-order valence-electron chi connectivity index (χ0n) is 16.6. The van der Waals surface area contributed by atoms with Gasteiger partial charge in [0.25, 0.3) is 5.56 Å². The number of nitrogens with one attached hydrogen (secondary N) is 2. The highest BCUT2D eigenvalue weighted by molar-refractivity contribution is 8.00. The smallest absolute Gasteiger partial charge is 0.262 e. The molecule has 0 saturated carbocycles. The summed E-state index contributed by atoms with van der Waals surface area (Å²) in [6, 6.07) is 17.5. The van der Waals surface area contributed by atoms with Gasteiger partial charge in [0.15, 0.2) is 10.8 Å². The molecule has 0 saturated heterocycles. The molecule has 152 valence electrons. The summed E-state index contributed by atoms with van der Waals surface area (Å²) < 4.78 is 1.62. The van der Waals surface area contributed by atoms with Crippen molar-refractivity contribution in [2.24, 2.45) is 0 Å². The van der Waals surface area contributed by atoms with Crippen molar-refractivity contribution in [2.75, 3.05) is 0 Å². The number of para-hydroxylation sites is 1. The molecule has 0 fully saturated rings. The summed E-state index contributed by atoms with van der Waals surface area (Å²) in [5, 5.41) is 7.58. The van der Waals surface area contributed by atoms with Gasteiger partial charge in [-0.15, -0.1) is 0 Å². The van der Waals surface area contributed by atoms with Crippen molar-refractivity contribution in [2.45, 2.75) is 30.8 Å². The van der Waals surface area contributed by atoms with E-state index in [1.54, 1.807) is 11.6 Å². The van der Waals surface area contributed by atoms with Crippen LogP contribution < -0.4 is 10.9 Å². The lowest BCUT2D eigenvalue weighted by Gasteiger charge is -2.12. The third-order valence-corrected chi connectivity index (χ3v) is 5.65. The van der Waals surface area contributed by atoms with Gasteiger partial charge in [0.2, 0.25) is 5.91 Å². The van der Waals surface area contributed by atoms with Crippen LogP contribution in [0.1, 0.15) is 18.1 Å². The number of benzene rings is 2. The quantitative estimate of drug-likeness (QED) is 0.370. The molecule has 0 bridgehead atoms. The molecule has 0 unspecified atom stereocenters. The van der Waals surface area contributed by atoms with Crippen LogP contribution in [0.3, 0.4) is 0 Å². The Balaban J connectivity index is 1.51. The summed E-state index contributed by atoms with van der Waals surface area (Å²) in [7, 11) is 0. The van der Waals surface area contributed by atoms with Crippen LogP contribution in [0, 0.1) is 6.92 Å². The van der Waals surface area contributed by atoms with Crippen molar-refractivity contribution in [3.05, 3.63) is 82.3 Å². The summed E-state index contributed by atoms with van der Waals surface area (Å²) in [6.45, 7) is 4.26. The summed E-state index contributed by atoms with van der Waals surface area (Å²) in [5.41, 5.74) is 3.20. The Bertz CT molecular complexity index is 1230. The SMILES string of the molecule is Cc1ccc(CNC(=O)[C@@H](C)Sc2nc3c(cnn3-c3ccccc3)c(=O)[nH]2)cc1. The number of hydrogen-bond acceptors (Lipinski definition) is 5. The zero-order valence-corrected chi connectivity index (χ0v) is 17.4. The first-order valence-corrected chi connectivity index (χ1v) is 10.4. The van der Waals surface area contributed by atoms with E-state index < -0.39 is 5.25 Å². The third-order valence-electron chi connectivity index (χ3n) is 4.66. The minimum absolute atomic E-state index is 0.125. The second-order valence-electron chi connectivity index (χ2n) is 6.96. The molecular weight excluding hydrogens is 398 g/mol. The molecule has 1 atom stereocenters. The molecule has 7 nitrogen and oxygen atoms in total. The molecule has 1 amide bonds. The molecule has 2 aromatic heterocycles. The van der Waals surface area contributed by atoms with E-state index in [1.165, 1.54) is 23.5 Å². The van der Waals surface area contributed by atoms with Crippen molar-refractivity contribution < 1.29 is 4.79 Å². The number of nitrogens with zero attached hydrogens (tertiary/aromatic N) is 3. The molecule has 0 aliphatic rings. The van der Waals surface area contributed by atoms with Gasteiger partial charge in [-0.25, -0.2) is 9.67 Å². The summed E-state index contributed by atoms with van der Waals surface area (Å²) in [5.74, 6) is -0.125. The number of carbonyl (C=O) groups is 1. The minimum atomic E-state index is -0.427. The normalized spacial score (nSPS) is 12.1. The summed E-state index contributed by atoms with van der Waals surface area (Å²) in [4.78, 5) is 32.3. The Morgan fingerprint density at radius 1 is 1.17 bits per heavy atom. The molecule has 2 heterocycles. The van der Waals surface area contributed by atoms with E-state index in [4.69, 9.17) is 0 Å². The van der Waals surface area contributed by atoms with Gasteiger partial charge in [0, 0.05) is 6.54 Å². The lowest BCUT2D eigenvalue weighted by atomic mass is 10.1. The monoisotopic (exact) mass is 419 g/mol. The number of amides is 1. The molecule has 0 aliphatic carbocycles. The largest absolute Gasteiger partial charge is 0.351 e. The number of hydrogen-bond donors (Lipinski definition) is 2. The molecule has 30 heavy (non-hydrogen) atoms. The zero-order chi connectivity index (χ0) is 21.1. The van der Waals surface area contributed by atoms with Gasteiger partial charge >= 0.3 is 0 Å². The van der Waals surface area contributed by atoms with Crippen molar-refractivity contribution in [3.63, 3.8) is 0 Å². The van der Waals surface area contributed by atoms with Gasteiger partial charge in [0.1, 0.15) is 5.39 Å². The number of thioether (sulfide) groups is 1. The lowest BCUT2D eigenvalue weighted by Crippen LogP contribution is -2.30. The van der Waals surface area contributed by atoms with Crippen molar-refractivity contribution >= 4 is 28.7 Å². The van der Waals surface area contributed by atoms with Crippen LogP contribution >= 0.6 is 11.8 Å². The Kier molecular flexibility index (Phi) is 5.67. The van der Waals surface area contributed by atoms with Crippen LogP contribution in [0.2, 0.25) is 0 Å². The Hall–Kier alpha value is -3.39. The molecule has 0 radical (unpaired) electrons. The molecular formula is C22H21N5O2S. The summed E-state index contributed by atoms with van der Waals surface area (Å²) in [6.07, 6.45) is 1.50. The fourth-order valence-electron chi connectivity index (χ4n) is 2.97. The van der Waals surface area contributed by atoms with Gasteiger partial charge in [-0.3, -0.25) is 9.59 Å². The Morgan fingerprint density at radius 2 is 1.90 bits per heavy atom. The second-order valence-corrected chi connectivity index (χ2v) is 8.29. The van der Waals surface area contributed by atoms with Gasteiger partial charge in [-0.05, 0) is 31.5 Å². The van der Waals surface area contributed by atoms with E-state index in [-0.39, 0.29) is 11.5 Å². The Morgan fingerprint density at radius 3 is 2.63 bits per heavy atom. The van der Waals surface area contributed by atoms with Crippen LogP contribution in [0.25, 0.3) is 16.7 Å². The van der Waals surface area contributed by atoms with E-state index >= 15 is 0 Å². The molecule has 4 aromatic rings. The van der Waals surface area contributed by atoms with Crippen molar-refractivity contribution in [1.29, 1.82) is 0 Å². The molecule has 0 spiro atoms. The maximum absolute atomic E-state index is 12.5.